The van der Waals surface area contributed by atoms with Crippen molar-refractivity contribution in [3.63, 3.8) is 0 Å². The summed E-state index contributed by atoms with van der Waals surface area (Å²) in [6, 6.07) is 15.5. The molecule has 8 heteroatoms. The van der Waals surface area contributed by atoms with Gasteiger partial charge in [-0.2, -0.15) is 4.37 Å². The van der Waals surface area contributed by atoms with E-state index in [1.807, 2.05) is 41.3 Å². The second-order valence-corrected chi connectivity index (χ2v) is 8.51. The minimum absolute atomic E-state index is 0.126. The molecule has 1 saturated heterocycles. The molecule has 0 aliphatic carbocycles. The van der Waals surface area contributed by atoms with Crippen molar-refractivity contribution in [2.45, 2.75) is 19.3 Å². The second-order valence-electron chi connectivity index (χ2n) is 7.76. The van der Waals surface area contributed by atoms with Crippen LogP contribution in [0.15, 0.2) is 53.3 Å². The first-order chi connectivity index (χ1) is 15.2. The molecule has 31 heavy (non-hydrogen) atoms. The minimum Gasteiger partial charge on any atom is -0.358 e. The zero-order valence-electron chi connectivity index (χ0n) is 17.1. The molecule has 7 nitrogen and oxygen atoms in total. The molecule has 5 rings (SSSR count). The molecule has 1 aliphatic rings. The third-order valence-corrected chi connectivity index (χ3v) is 6.69. The van der Waals surface area contributed by atoms with Gasteiger partial charge < -0.3 is 14.8 Å². The number of aryl methyl sites for hydroxylation is 1. The Morgan fingerprint density at radius 1 is 0.968 bits per heavy atom. The van der Waals surface area contributed by atoms with Gasteiger partial charge in [0.15, 0.2) is 0 Å². The minimum atomic E-state index is -0.126. The van der Waals surface area contributed by atoms with E-state index in [9.17, 15) is 9.59 Å². The van der Waals surface area contributed by atoms with Crippen molar-refractivity contribution in [3.8, 4) is 0 Å². The van der Waals surface area contributed by atoms with Crippen molar-refractivity contribution in [3.05, 3.63) is 64.7 Å². The van der Waals surface area contributed by atoms with Crippen molar-refractivity contribution in [2.75, 3.05) is 31.1 Å². The maximum absolute atomic E-state index is 12.7. The molecule has 158 valence electrons. The fourth-order valence-electron chi connectivity index (χ4n) is 4.08. The Hall–Kier alpha value is -3.26. The molecule has 0 spiro atoms. The molecule has 2 aromatic carbocycles. The molecule has 1 aliphatic heterocycles. The number of fused-ring (bicyclic) bond motifs is 2. The van der Waals surface area contributed by atoms with Gasteiger partial charge in [0.1, 0.15) is 10.8 Å². The number of carbonyl (C=O) groups is 1. The van der Waals surface area contributed by atoms with Gasteiger partial charge >= 0.3 is 0 Å². The van der Waals surface area contributed by atoms with Gasteiger partial charge in [-0.1, -0.05) is 24.3 Å². The molecule has 0 unspecified atom stereocenters. The maximum Gasteiger partial charge on any atom is 0.258 e. The van der Waals surface area contributed by atoms with Gasteiger partial charge in [-0.15, -0.1) is 0 Å². The summed E-state index contributed by atoms with van der Waals surface area (Å²) in [4.78, 5) is 36.5. The van der Waals surface area contributed by atoms with Crippen LogP contribution < -0.4 is 10.5 Å². The Kier molecular flexibility index (Phi) is 5.38. The van der Waals surface area contributed by atoms with Crippen LogP contribution >= 0.6 is 11.5 Å². The van der Waals surface area contributed by atoms with E-state index in [0.717, 1.165) is 31.7 Å². The van der Waals surface area contributed by atoms with E-state index in [1.165, 1.54) is 21.9 Å². The number of aromatic amines is 1. The number of para-hydroxylation sites is 1. The number of H-pyrrole nitrogens is 1. The van der Waals surface area contributed by atoms with Gasteiger partial charge in [-0.25, -0.2) is 4.98 Å². The first-order valence-corrected chi connectivity index (χ1v) is 11.3. The standard InChI is InChI=1S/C23H23N5O2S/c29-21(11-5-10-20-24-18-8-3-1-6-16(18)22(30)25-20)27-12-14-28(15-13-27)23-17-7-2-4-9-19(17)26-31-23/h1-4,6-9H,5,10-15H2,(H,24,25,30). The predicted octanol–water partition coefficient (Wildman–Crippen LogP) is 3.20. The Morgan fingerprint density at radius 3 is 2.48 bits per heavy atom. The number of piperazine rings is 1. The highest BCUT2D eigenvalue weighted by atomic mass is 32.1. The van der Waals surface area contributed by atoms with Crippen molar-refractivity contribution < 1.29 is 4.79 Å². The number of aromatic nitrogens is 3. The SMILES string of the molecule is O=C(CCCc1nc2ccccc2c(=O)[nH]1)N1CCN(c2snc3ccccc23)CC1. The quantitative estimate of drug-likeness (QED) is 0.523. The third kappa shape index (κ3) is 4.03. The van der Waals surface area contributed by atoms with Crippen molar-refractivity contribution in [2.24, 2.45) is 0 Å². The maximum atomic E-state index is 12.7. The smallest absolute Gasteiger partial charge is 0.258 e. The van der Waals surface area contributed by atoms with Crippen LogP contribution in [0.2, 0.25) is 0 Å². The molecule has 1 amide bonds. The van der Waals surface area contributed by atoms with E-state index in [1.54, 1.807) is 6.07 Å². The van der Waals surface area contributed by atoms with Crippen LogP contribution in [0.5, 0.6) is 0 Å². The van der Waals surface area contributed by atoms with Gasteiger partial charge in [0, 0.05) is 44.4 Å². The predicted molar refractivity (Wildman–Crippen MR) is 124 cm³/mol. The Labute approximate surface area is 183 Å². The molecular formula is C23H23N5O2S. The summed E-state index contributed by atoms with van der Waals surface area (Å²) in [5.41, 5.74) is 1.60. The van der Waals surface area contributed by atoms with E-state index in [4.69, 9.17) is 0 Å². The molecule has 0 saturated carbocycles. The molecule has 0 radical (unpaired) electrons. The topological polar surface area (TPSA) is 82.2 Å². The summed E-state index contributed by atoms with van der Waals surface area (Å²) < 4.78 is 4.53. The normalized spacial score (nSPS) is 14.5. The Balaban J connectivity index is 1.15. The van der Waals surface area contributed by atoms with Crippen LogP contribution in [0.4, 0.5) is 5.00 Å². The number of nitrogens with one attached hydrogen (secondary N) is 1. The fourth-order valence-corrected chi connectivity index (χ4v) is 4.99. The lowest BCUT2D eigenvalue weighted by molar-refractivity contribution is -0.131. The summed E-state index contributed by atoms with van der Waals surface area (Å²) in [5, 5.41) is 2.96. The highest BCUT2D eigenvalue weighted by molar-refractivity contribution is 7.11. The van der Waals surface area contributed by atoms with Crippen LogP contribution in [-0.2, 0) is 11.2 Å². The molecular weight excluding hydrogens is 410 g/mol. The van der Waals surface area contributed by atoms with E-state index in [-0.39, 0.29) is 11.5 Å². The van der Waals surface area contributed by atoms with Gasteiger partial charge in [-0.05, 0) is 42.2 Å². The molecule has 1 N–H and O–H groups in total. The molecule has 0 bridgehead atoms. The zero-order valence-corrected chi connectivity index (χ0v) is 17.9. The van der Waals surface area contributed by atoms with E-state index in [2.05, 4.69) is 25.3 Å². The van der Waals surface area contributed by atoms with Gasteiger partial charge in [-0.3, -0.25) is 9.59 Å². The average molecular weight is 434 g/mol. The third-order valence-electron chi connectivity index (χ3n) is 5.75. The van der Waals surface area contributed by atoms with Gasteiger partial charge in [0.05, 0.1) is 16.4 Å². The lowest BCUT2D eigenvalue weighted by Crippen LogP contribution is -2.48. The van der Waals surface area contributed by atoms with E-state index < -0.39 is 0 Å². The van der Waals surface area contributed by atoms with Crippen LogP contribution in [0.1, 0.15) is 18.7 Å². The lowest BCUT2D eigenvalue weighted by atomic mass is 10.2. The lowest BCUT2D eigenvalue weighted by Gasteiger charge is -2.35. The summed E-state index contributed by atoms with van der Waals surface area (Å²) >= 11 is 1.53. The number of hydrogen-bond donors (Lipinski definition) is 1. The number of benzene rings is 2. The van der Waals surface area contributed by atoms with Gasteiger partial charge in [0.25, 0.3) is 5.56 Å². The number of amides is 1. The van der Waals surface area contributed by atoms with Crippen molar-refractivity contribution >= 4 is 44.2 Å². The number of hydrogen-bond acceptors (Lipinski definition) is 6. The largest absolute Gasteiger partial charge is 0.358 e. The molecule has 0 atom stereocenters. The molecule has 3 heterocycles. The zero-order chi connectivity index (χ0) is 21.2. The van der Waals surface area contributed by atoms with E-state index >= 15 is 0 Å². The Morgan fingerprint density at radius 2 is 1.68 bits per heavy atom. The second kappa shape index (κ2) is 8.47. The average Bonchev–Trinajstić information content (AvgIpc) is 3.23. The first-order valence-electron chi connectivity index (χ1n) is 10.5. The summed E-state index contributed by atoms with van der Waals surface area (Å²) in [6.45, 7) is 3.07. The number of carbonyl (C=O) groups excluding carboxylic acids is 1. The van der Waals surface area contributed by atoms with E-state index in [0.29, 0.717) is 36.0 Å². The first kappa shape index (κ1) is 19.7. The Bertz CT molecular complexity index is 1290. The summed E-state index contributed by atoms with van der Waals surface area (Å²) in [6.07, 6.45) is 1.71. The number of nitrogens with zero attached hydrogens (tertiary/aromatic N) is 4. The number of rotatable bonds is 5. The van der Waals surface area contributed by atoms with Crippen LogP contribution in [0, 0.1) is 0 Å². The molecule has 1 fully saturated rings. The van der Waals surface area contributed by atoms with Crippen LogP contribution in [0.3, 0.4) is 0 Å². The van der Waals surface area contributed by atoms with Crippen molar-refractivity contribution in [1.82, 2.24) is 19.2 Å². The monoisotopic (exact) mass is 433 g/mol. The molecule has 2 aromatic heterocycles. The molecule has 4 aromatic rings. The van der Waals surface area contributed by atoms with Crippen LogP contribution in [-0.4, -0.2) is 51.3 Å². The fraction of sp³-hybridized carbons (Fsp3) is 0.304. The van der Waals surface area contributed by atoms with Crippen LogP contribution in [0.25, 0.3) is 21.8 Å². The van der Waals surface area contributed by atoms with Gasteiger partial charge in [0.2, 0.25) is 5.91 Å². The number of anilines is 1. The highest BCUT2D eigenvalue weighted by Crippen LogP contribution is 2.31. The van der Waals surface area contributed by atoms with Crippen molar-refractivity contribution in [1.29, 1.82) is 0 Å². The summed E-state index contributed by atoms with van der Waals surface area (Å²) in [7, 11) is 0. The summed E-state index contributed by atoms with van der Waals surface area (Å²) in [5.74, 6) is 0.801. The highest BCUT2D eigenvalue weighted by Gasteiger charge is 2.23.